The fourth-order valence-corrected chi connectivity index (χ4v) is 12.5. The van der Waals surface area contributed by atoms with Crippen molar-refractivity contribution in [3.05, 3.63) is 23.8 Å². The van der Waals surface area contributed by atoms with Crippen LogP contribution in [0.2, 0.25) is 0 Å². The van der Waals surface area contributed by atoms with Crippen LogP contribution in [0.1, 0.15) is 127 Å². The Morgan fingerprint density at radius 2 is 1.49 bits per heavy atom. The minimum absolute atomic E-state index is 0.0125. The van der Waals surface area contributed by atoms with Crippen LogP contribution in [0.5, 0.6) is 5.75 Å². The van der Waals surface area contributed by atoms with Crippen LogP contribution < -0.4 is 0 Å². The zero-order valence-corrected chi connectivity index (χ0v) is 34.4. The van der Waals surface area contributed by atoms with E-state index in [0.717, 1.165) is 32.1 Å². The summed E-state index contributed by atoms with van der Waals surface area (Å²) in [5, 5.41) is 11.1. The summed E-state index contributed by atoms with van der Waals surface area (Å²) in [6.45, 7) is 29.2. The predicted molar refractivity (Wildman–Crippen MR) is 197 cm³/mol. The molecule has 3 aliphatic rings. The summed E-state index contributed by atoms with van der Waals surface area (Å²) in [6, 6.07) is 4.46. The number of aromatic hydroxyl groups is 1. The number of sulfonamides is 1. The number of hydrogen-bond acceptors (Lipinski definition) is 7. The van der Waals surface area contributed by atoms with E-state index in [2.05, 4.69) is 88.0 Å². The number of halogens is 1. The molecule has 3 heterocycles. The van der Waals surface area contributed by atoms with Crippen LogP contribution in [0.15, 0.2) is 23.1 Å². The van der Waals surface area contributed by atoms with Crippen molar-refractivity contribution < 1.29 is 30.8 Å². The molecule has 3 saturated heterocycles. The van der Waals surface area contributed by atoms with E-state index < -0.39 is 36.5 Å². The van der Waals surface area contributed by atoms with Crippen molar-refractivity contribution in [1.82, 2.24) is 4.31 Å². The summed E-state index contributed by atoms with van der Waals surface area (Å²) in [7, 11) is -3.77. The molecule has 4 rings (SSSR count). The molecule has 0 saturated carbocycles. The van der Waals surface area contributed by atoms with Crippen LogP contribution in [0.25, 0.3) is 0 Å². The molecule has 0 radical (unpaired) electrons. The topological polar surface area (TPSA) is 97.8 Å². The van der Waals surface area contributed by atoms with Crippen molar-refractivity contribution in [1.29, 1.82) is 0 Å². The zero-order chi connectivity index (χ0) is 35.4. The van der Waals surface area contributed by atoms with Gasteiger partial charge in [0, 0.05) is 13.1 Å². The van der Waals surface area contributed by atoms with Crippen LogP contribution in [0.3, 0.4) is 0 Å². The van der Waals surface area contributed by atoms with Gasteiger partial charge in [0.1, 0.15) is 5.75 Å². The molecule has 0 aromatic heterocycles. The third-order valence-corrected chi connectivity index (χ3v) is 19.1. The van der Waals surface area contributed by atoms with Gasteiger partial charge in [0.25, 0.3) is 0 Å². The quantitative estimate of drug-likeness (QED) is 0.128. The minimum atomic E-state index is -3.77. The normalized spacial score (nSPS) is 28.0. The Labute approximate surface area is 294 Å². The van der Waals surface area contributed by atoms with Crippen LogP contribution in [-0.2, 0) is 27.3 Å². The molecule has 272 valence electrons. The van der Waals surface area contributed by atoms with Crippen molar-refractivity contribution >= 4 is 30.3 Å². The third kappa shape index (κ3) is 8.70. The summed E-state index contributed by atoms with van der Waals surface area (Å²) in [4.78, 5) is 2.45. The Balaban J connectivity index is 1.59. The Hall–Kier alpha value is -0.500. The molecule has 8 nitrogen and oxygen atoms in total. The second kappa shape index (κ2) is 13.6. The summed E-state index contributed by atoms with van der Waals surface area (Å²) in [6.07, 6.45) is 3.56. The average Bonchev–Trinajstić information content (AvgIpc) is 3.54. The van der Waals surface area contributed by atoms with E-state index in [0.29, 0.717) is 31.9 Å². The number of benzene rings is 1. The molecule has 3 aliphatic heterocycles. The summed E-state index contributed by atoms with van der Waals surface area (Å²) >= 11 is -1.23. The molecule has 0 aliphatic carbocycles. The van der Waals surface area contributed by atoms with Gasteiger partial charge in [0.05, 0.1) is 18.1 Å². The van der Waals surface area contributed by atoms with Crippen LogP contribution in [0.4, 0.5) is 0 Å². The molecule has 47 heavy (non-hydrogen) atoms. The molecule has 3 unspecified atom stereocenters. The van der Waals surface area contributed by atoms with Gasteiger partial charge in [0.15, 0.2) is 0 Å². The van der Waals surface area contributed by atoms with Gasteiger partial charge in [0.2, 0.25) is 10.0 Å². The maximum atomic E-state index is 13.6. The van der Waals surface area contributed by atoms with E-state index in [-0.39, 0.29) is 53.5 Å². The van der Waals surface area contributed by atoms with E-state index in [1.165, 1.54) is 22.5 Å². The molecule has 1 aromatic rings. The summed E-state index contributed by atoms with van der Waals surface area (Å²) in [5.74, 6) is -0.0294. The fourth-order valence-electron chi connectivity index (χ4n) is 7.05. The molecule has 3 fully saturated rings. The molecule has 1 N–H and O–H groups in total. The molecular formula is C37H64INO7S. The molecule has 0 bridgehead atoms. The average molecular weight is 794 g/mol. The first-order valence-corrected chi connectivity index (χ1v) is 22.9. The Kier molecular flexibility index (Phi) is 11.3. The first-order valence-electron chi connectivity index (χ1n) is 17.3. The Bertz CT molecular complexity index is 1360. The molecular weight excluding hydrogens is 729 g/mol. The van der Waals surface area contributed by atoms with Crippen molar-refractivity contribution in [2.75, 3.05) is 31.2 Å². The number of ether oxygens (including phenoxy) is 3. The maximum absolute atomic E-state index is 13.6. The number of rotatable bonds is 12. The molecule has 0 spiro atoms. The van der Waals surface area contributed by atoms with E-state index in [9.17, 15) is 13.5 Å². The van der Waals surface area contributed by atoms with Gasteiger partial charge >= 0.3 is 181 Å². The van der Waals surface area contributed by atoms with Gasteiger partial charge in [-0.1, -0.05) is 20.8 Å². The van der Waals surface area contributed by atoms with Crippen LogP contribution in [0, 0.1) is 27.1 Å². The summed E-state index contributed by atoms with van der Waals surface area (Å²) < 4.78 is 53.6. The van der Waals surface area contributed by atoms with Gasteiger partial charge in [-0.15, -0.1) is 0 Å². The van der Waals surface area contributed by atoms with Gasteiger partial charge in [-0.3, -0.25) is 0 Å². The van der Waals surface area contributed by atoms with Crippen molar-refractivity contribution in [2.24, 2.45) is 27.1 Å². The van der Waals surface area contributed by atoms with Crippen LogP contribution >= 0.6 is 20.2 Å². The fraction of sp³-hybridized carbons (Fsp3) is 0.838. The van der Waals surface area contributed by atoms with Gasteiger partial charge in [-0.2, -0.15) is 4.31 Å². The molecule has 1 aromatic carbocycles. The monoisotopic (exact) mass is 793 g/mol. The molecule has 10 heteroatoms. The number of hydrogen-bond donors (Lipinski definition) is 1. The third-order valence-electron chi connectivity index (χ3n) is 12.1. The number of alkyl halides is 2. The van der Waals surface area contributed by atoms with Gasteiger partial charge in [-0.05, 0) is 23.6 Å². The Morgan fingerprint density at radius 3 is 2.04 bits per heavy atom. The molecule has 0 amide bonds. The van der Waals surface area contributed by atoms with Gasteiger partial charge in [-0.25, -0.2) is 8.42 Å². The van der Waals surface area contributed by atoms with E-state index >= 15 is 0 Å². The van der Waals surface area contributed by atoms with E-state index in [4.69, 9.17) is 17.3 Å². The van der Waals surface area contributed by atoms with E-state index in [1.807, 2.05) is 0 Å². The SMILES string of the molecule is CI1O[C@@]1(C)CC(C)(C)C(C)(C)CCC(C)(C)C(C)(C)C1CC(CC(C)(C)C)OC(c2cc(S(=O)(=O)N3CCOCC3)ccc2O)O1. The first kappa shape index (κ1) is 39.3. The second-order valence-electron chi connectivity index (χ2n) is 18.1. The van der Waals surface area contributed by atoms with Crippen molar-refractivity contribution in [2.45, 2.75) is 142 Å². The first-order chi connectivity index (χ1) is 21.3. The number of phenols is 1. The van der Waals surface area contributed by atoms with Crippen molar-refractivity contribution in [3.63, 3.8) is 0 Å². The molecule has 4 atom stereocenters. The number of nitrogens with zero attached hydrogens (tertiary/aromatic N) is 1. The standard InChI is InChI=1S/C37H64INO7S/c1-32(2,3)24-26-22-30(36(10,11)34(6,7)17-16-33(4,5)35(8,9)25-37(12)38(13)46-37)45-31(44-26)28-23-27(14-15-29(28)40)47(41,42)39-18-20-43-21-19-39/h14-15,23,26,30-31,40H,16-22,24-25H2,1-13H3/t26?,30?,31?,37-/m0/s1. The number of morpholine rings is 1. The van der Waals surface area contributed by atoms with Crippen molar-refractivity contribution in [3.8, 4) is 5.75 Å². The zero-order valence-electron chi connectivity index (χ0n) is 31.5. The van der Waals surface area contributed by atoms with Gasteiger partial charge < -0.3 is 9.84 Å². The summed E-state index contributed by atoms with van der Waals surface area (Å²) in [5.41, 5.74) is 0.259. The second-order valence-corrected chi connectivity index (χ2v) is 25.2. The number of phenolic OH excluding ortho intramolecular Hbond substituents is 1. The predicted octanol–water partition coefficient (Wildman–Crippen LogP) is 9.09. The van der Waals surface area contributed by atoms with E-state index in [1.54, 1.807) is 0 Å². The van der Waals surface area contributed by atoms with Crippen LogP contribution in [-0.4, -0.2) is 64.9 Å². The Morgan fingerprint density at radius 1 is 0.915 bits per heavy atom.